The van der Waals surface area contributed by atoms with Gasteiger partial charge in [-0.3, -0.25) is 0 Å². The van der Waals surface area contributed by atoms with E-state index in [0.29, 0.717) is 5.02 Å². The maximum absolute atomic E-state index is 11.2. The minimum Gasteiger partial charge on any atom is -0.460 e. The lowest BCUT2D eigenvalue weighted by atomic mass is 10.2. The average molecular weight is 225 g/mol. The number of ether oxygens (including phenoxy) is 1. The van der Waals surface area contributed by atoms with E-state index in [-0.39, 0.29) is 12.1 Å². The van der Waals surface area contributed by atoms with Gasteiger partial charge in [0.05, 0.1) is 6.10 Å². The molecular formula is C12H13ClO2. The van der Waals surface area contributed by atoms with Gasteiger partial charge >= 0.3 is 5.97 Å². The second-order valence-corrected chi connectivity index (χ2v) is 3.75. The Morgan fingerprint density at radius 1 is 1.40 bits per heavy atom. The van der Waals surface area contributed by atoms with Gasteiger partial charge in [0.15, 0.2) is 0 Å². The normalized spacial score (nSPS) is 10.9. The van der Waals surface area contributed by atoms with Crippen LogP contribution in [-0.4, -0.2) is 12.1 Å². The second kappa shape index (κ2) is 5.56. The first-order valence-electron chi connectivity index (χ1n) is 4.73. The van der Waals surface area contributed by atoms with Crippen LogP contribution in [0.15, 0.2) is 30.3 Å². The Morgan fingerprint density at radius 3 is 2.67 bits per heavy atom. The molecule has 1 rings (SSSR count). The van der Waals surface area contributed by atoms with Crippen molar-refractivity contribution >= 4 is 23.6 Å². The molecule has 0 atom stereocenters. The van der Waals surface area contributed by atoms with Crippen LogP contribution in [0.25, 0.3) is 6.08 Å². The fourth-order valence-electron chi connectivity index (χ4n) is 1.04. The monoisotopic (exact) mass is 224 g/mol. The molecule has 15 heavy (non-hydrogen) atoms. The van der Waals surface area contributed by atoms with E-state index in [0.717, 1.165) is 5.56 Å². The highest BCUT2D eigenvalue weighted by atomic mass is 35.5. The van der Waals surface area contributed by atoms with Crippen molar-refractivity contribution in [1.82, 2.24) is 0 Å². The van der Waals surface area contributed by atoms with E-state index in [2.05, 4.69) is 0 Å². The third kappa shape index (κ3) is 4.17. The van der Waals surface area contributed by atoms with Crippen LogP contribution in [0.3, 0.4) is 0 Å². The first-order chi connectivity index (χ1) is 7.09. The maximum atomic E-state index is 11.2. The van der Waals surface area contributed by atoms with E-state index in [1.165, 1.54) is 6.08 Å². The van der Waals surface area contributed by atoms with Gasteiger partial charge in [-0.15, -0.1) is 0 Å². The van der Waals surface area contributed by atoms with Crippen molar-refractivity contribution in [3.05, 3.63) is 40.9 Å². The smallest absolute Gasteiger partial charge is 0.331 e. The summed E-state index contributed by atoms with van der Waals surface area (Å²) in [7, 11) is 0. The first kappa shape index (κ1) is 11.8. The van der Waals surface area contributed by atoms with Gasteiger partial charge in [-0.25, -0.2) is 4.79 Å². The molecule has 0 N–H and O–H groups in total. The molecule has 0 unspecified atom stereocenters. The molecule has 0 spiro atoms. The summed E-state index contributed by atoms with van der Waals surface area (Å²) in [6.07, 6.45) is 2.92. The lowest BCUT2D eigenvalue weighted by molar-refractivity contribution is -0.141. The zero-order valence-corrected chi connectivity index (χ0v) is 9.49. The van der Waals surface area contributed by atoms with E-state index in [4.69, 9.17) is 16.3 Å². The molecule has 0 heterocycles. The highest BCUT2D eigenvalue weighted by Crippen LogP contribution is 2.16. The predicted octanol–water partition coefficient (Wildman–Crippen LogP) is 3.30. The third-order valence-corrected chi connectivity index (χ3v) is 2.00. The molecule has 0 saturated heterocycles. The summed E-state index contributed by atoms with van der Waals surface area (Å²) in [6, 6.07) is 7.31. The molecule has 1 aromatic rings. The number of esters is 1. The quantitative estimate of drug-likeness (QED) is 0.582. The second-order valence-electron chi connectivity index (χ2n) is 3.34. The van der Waals surface area contributed by atoms with Gasteiger partial charge in [0.2, 0.25) is 0 Å². The van der Waals surface area contributed by atoms with Crippen LogP contribution >= 0.6 is 11.6 Å². The molecule has 0 saturated carbocycles. The van der Waals surface area contributed by atoms with E-state index < -0.39 is 0 Å². The molecule has 3 heteroatoms. The predicted molar refractivity (Wildman–Crippen MR) is 61.7 cm³/mol. The fourth-order valence-corrected chi connectivity index (χ4v) is 1.24. The minimum absolute atomic E-state index is 0.103. The highest BCUT2D eigenvalue weighted by Gasteiger charge is 2.00. The summed E-state index contributed by atoms with van der Waals surface area (Å²) < 4.78 is 4.94. The molecule has 0 amide bonds. The van der Waals surface area contributed by atoms with Crippen LogP contribution in [0.1, 0.15) is 19.4 Å². The summed E-state index contributed by atoms with van der Waals surface area (Å²) in [5.41, 5.74) is 0.805. The topological polar surface area (TPSA) is 26.3 Å². The molecule has 0 aromatic heterocycles. The van der Waals surface area contributed by atoms with Gasteiger partial charge < -0.3 is 4.74 Å². The molecule has 0 aliphatic rings. The fraction of sp³-hybridized carbons (Fsp3) is 0.250. The first-order valence-corrected chi connectivity index (χ1v) is 5.10. The third-order valence-electron chi connectivity index (χ3n) is 1.66. The zero-order chi connectivity index (χ0) is 11.3. The Morgan fingerprint density at radius 2 is 2.07 bits per heavy atom. The van der Waals surface area contributed by atoms with Gasteiger partial charge in [0, 0.05) is 11.1 Å². The van der Waals surface area contributed by atoms with Crippen LogP contribution in [0, 0.1) is 0 Å². The molecule has 0 aliphatic carbocycles. The molecule has 0 bridgehead atoms. The Balaban J connectivity index is 2.66. The number of hydrogen-bond acceptors (Lipinski definition) is 2. The van der Waals surface area contributed by atoms with E-state index in [1.54, 1.807) is 26.0 Å². The zero-order valence-electron chi connectivity index (χ0n) is 8.74. The number of rotatable bonds is 3. The van der Waals surface area contributed by atoms with E-state index in [9.17, 15) is 4.79 Å². The summed E-state index contributed by atoms with van der Waals surface area (Å²) in [4.78, 5) is 11.2. The minimum atomic E-state index is -0.357. The van der Waals surface area contributed by atoms with Crippen molar-refractivity contribution in [2.24, 2.45) is 0 Å². The maximum Gasteiger partial charge on any atom is 0.331 e. The van der Waals surface area contributed by atoms with Crippen LogP contribution in [0.4, 0.5) is 0 Å². The number of hydrogen-bond donors (Lipinski definition) is 0. The van der Waals surface area contributed by atoms with E-state index in [1.807, 2.05) is 18.2 Å². The van der Waals surface area contributed by atoms with E-state index >= 15 is 0 Å². The van der Waals surface area contributed by atoms with Crippen molar-refractivity contribution in [2.45, 2.75) is 20.0 Å². The van der Waals surface area contributed by atoms with Crippen LogP contribution in [0.2, 0.25) is 5.02 Å². The van der Waals surface area contributed by atoms with Crippen LogP contribution in [-0.2, 0) is 9.53 Å². The summed E-state index contributed by atoms with van der Waals surface area (Å²) in [6.45, 7) is 3.61. The molecule has 1 aromatic carbocycles. The largest absolute Gasteiger partial charge is 0.460 e. The van der Waals surface area contributed by atoms with Crippen molar-refractivity contribution < 1.29 is 9.53 Å². The number of carbonyl (C=O) groups excluding carboxylic acids is 1. The summed E-state index contributed by atoms with van der Waals surface area (Å²) >= 11 is 5.91. The van der Waals surface area contributed by atoms with Crippen molar-refractivity contribution in [1.29, 1.82) is 0 Å². The lowest BCUT2D eigenvalue weighted by Crippen LogP contribution is -2.08. The average Bonchev–Trinajstić information content (AvgIpc) is 2.15. The van der Waals surface area contributed by atoms with Crippen LogP contribution in [0.5, 0.6) is 0 Å². The number of benzene rings is 1. The van der Waals surface area contributed by atoms with Gasteiger partial charge in [0.1, 0.15) is 0 Å². The van der Waals surface area contributed by atoms with Gasteiger partial charge in [-0.1, -0.05) is 29.8 Å². The van der Waals surface area contributed by atoms with Crippen molar-refractivity contribution in [3.63, 3.8) is 0 Å². The van der Waals surface area contributed by atoms with Gasteiger partial charge in [0.25, 0.3) is 0 Å². The van der Waals surface area contributed by atoms with Gasteiger partial charge in [-0.05, 0) is 31.6 Å². The molecule has 0 radical (unpaired) electrons. The lowest BCUT2D eigenvalue weighted by Gasteiger charge is -2.04. The summed E-state index contributed by atoms with van der Waals surface area (Å²) in [5, 5.41) is 0.617. The van der Waals surface area contributed by atoms with Crippen molar-refractivity contribution in [2.75, 3.05) is 0 Å². The Labute approximate surface area is 94.5 Å². The summed E-state index contributed by atoms with van der Waals surface area (Å²) in [5.74, 6) is -0.357. The molecule has 0 fully saturated rings. The Kier molecular flexibility index (Phi) is 4.37. The molecule has 2 nitrogen and oxygen atoms in total. The Bertz CT molecular complexity index is 370. The number of halogens is 1. The molecule has 80 valence electrons. The Hall–Kier alpha value is -1.28. The highest BCUT2D eigenvalue weighted by molar-refractivity contribution is 6.32. The van der Waals surface area contributed by atoms with Crippen molar-refractivity contribution in [3.8, 4) is 0 Å². The standard InChI is InChI=1S/C12H13ClO2/c1-9(2)15-12(14)8-7-10-5-3-4-6-11(10)13/h3-9H,1-2H3. The van der Waals surface area contributed by atoms with Gasteiger partial charge in [-0.2, -0.15) is 0 Å². The number of carbonyl (C=O) groups is 1. The van der Waals surface area contributed by atoms with Crippen LogP contribution < -0.4 is 0 Å². The SMILES string of the molecule is CC(C)OC(=O)C=Cc1ccccc1Cl. The molecular weight excluding hydrogens is 212 g/mol. The molecule has 0 aliphatic heterocycles.